The fraction of sp³-hybridized carbons (Fsp3) is 0.750. The molecule has 1 atom stereocenters. The monoisotopic (exact) mass is 274 g/mol. The van der Waals surface area contributed by atoms with Gasteiger partial charge in [-0.15, -0.1) is 0 Å². The first-order valence-corrected chi connectivity index (χ1v) is 8.13. The van der Waals surface area contributed by atoms with Crippen LogP contribution >= 0.6 is 0 Å². The molecule has 2 fully saturated rings. The Morgan fingerprint density at radius 3 is 2.70 bits per heavy atom. The molecule has 0 aromatic carbocycles. The van der Waals surface area contributed by atoms with E-state index in [1.54, 1.807) is 6.33 Å². The molecule has 1 aromatic rings. The van der Waals surface area contributed by atoms with Crippen LogP contribution in [0.1, 0.15) is 51.0 Å². The van der Waals surface area contributed by atoms with Crippen molar-refractivity contribution in [1.82, 2.24) is 9.97 Å². The largest absolute Gasteiger partial charge is 0.373 e. The maximum Gasteiger partial charge on any atom is 0.137 e. The Bertz CT molecular complexity index is 454. The molecule has 1 saturated heterocycles. The van der Waals surface area contributed by atoms with Crippen LogP contribution in [-0.2, 0) is 6.42 Å². The van der Waals surface area contributed by atoms with E-state index in [9.17, 15) is 0 Å². The Balaban J connectivity index is 1.90. The van der Waals surface area contributed by atoms with Crippen molar-refractivity contribution in [3.8, 4) is 0 Å². The number of hydrogen-bond acceptors (Lipinski definition) is 4. The summed E-state index contributed by atoms with van der Waals surface area (Å²) in [5.41, 5.74) is 1.28. The first kappa shape index (κ1) is 13.7. The minimum atomic E-state index is 0.711. The lowest BCUT2D eigenvalue weighted by atomic mass is 9.96. The topological polar surface area (TPSA) is 41.1 Å². The van der Waals surface area contributed by atoms with Crippen LogP contribution in [0.5, 0.6) is 0 Å². The summed E-state index contributed by atoms with van der Waals surface area (Å²) in [7, 11) is 1.95. The molecular weight excluding hydrogens is 248 g/mol. The van der Waals surface area contributed by atoms with Gasteiger partial charge >= 0.3 is 0 Å². The van der Waals surface area contributed by atoms with Crippen molar-refractivity contribution in [1.29, 1.82) is 0 Å². The van der Waals surface area contributed by atoms with Gasteiger partial charge in [-0.1, -0.05) is 19.8 Å². The zero-order valence-electron chi connectivity index (χ0n) is 12.7. The minimum absolute atomic E-state index is 0.711. The third-order valence-electron chi connectivity index (χ3n) is 5.03. The number of hydrogen-bond donors (Lipinski definition) is 1. The van der Waals surface area contributed by atoms with Gasteiger partial charge in [-0.25, -0.2) is 9.97 Å². The molecule has 1 aromatic heterocycles. The third kappa shape index (κ3) is 2.36. The van der Waals surface area contributed by atoms with E-state index < -0.39 is 0 Å². The predicted octanol–water partition coefficient (Wildman–Crippen LogP) is 3.24. The average Bonchev–Trinajstić information content (AvgIpc) is 3.16. The van der Waals surface area contributed by atoms with Crippen molar-refractivity contribution in [3.63, 3.8) is 0 Å². The zero-order chi connectivity index (χ0) is 13.9. The molecule has 2 heterocycles. The van der Waals surface area contributed by atoms with E-state index in [2.05, 4.69) is 27.1 Å². The number of nitrogens with one attached hydrogen (secondary N) is 1. The summed E-state index contributed by atoms with van der Waals surface area (Å²) >= 11 is 0. The minimum Gasteiger partial charge on any atom is -0.373 e. The zero-order valence-corrected chi connectivity index (χ0v) is 12.7. The van der Waals surface area contributed by atoms with Crippen molar-refractivity contribution in [3.05, 3.63) is 11.9 Å². The molecule has 1 unspecified atom stereocenters. The Hall–Kier alpha value is -1.32. The van der Waals surface area contributed by atoms with Gasteiger partial charge in [-0.05, 0) is 38.0 Å². The molecule has 110 valence electrons. The number of anilines is 2. The summed E-state index contributed by atoms with van der Waals surface area (Å²) in [5, 5.41) is 3.22. The highest BCUT2D eigenvalue weighted by molar-refractivity contribution is 5.59. The van der Waals surface area contributed by atoms with Crippen molar-refractivity contribution in [2.75, 3.05) is 23.8 Å². The molecule has 0 bridgehead atoms. The maximum absolute atomic E-state index is 4.64. The van der Waals surface area contributed by atoms with E-state index in [-0.39, 0.29) is 0 Å². The molecule has 3 rings (SSSR count). The lowest BCUT2D eigenvalue weighted by Crippen LogP contribution is -2.36. The summed E-state index contributed by atoms with van der Waals surface area (Å²) in [6.07, 6.45) is 11.0. The Kier molecular flexibility index (Phi) is 4.08. The molecule has 4 heteroatoms. The summed E-state index contributed by atoms with van der Waals surface area (Å²) in [6.45, 7) is 3.36. The van der Waals surface area contributed by atoms with Gasteiger partial charge in [0.05, 0.1) is 0 Å². The van der Waals surface area contributed by atoms with Gasteiger partial charge in [-0.3, -0.25) is 0 Å². The second-order valence-electron chi connectivity index (χ2n) is 6.08. The maximum atomic E-state index is 4.64. The normalized spacial score (nSPS) is 23.5. The van der Waals surface area contributed by atoms with Gasteiger partial charge in [0.25, 0.3) is 0 Å². The van der Waals surface area contributed by atoms with Gasteiger partial charge in [0.1, 0.15) is 18.0 Å². The van der Waals surface area contributed by atoms with Crippen LogP contribution in [0.15, 0.2) is 6.33 Å². The highest BCUT2D eigenvalue weighted by atomic mass is 15.2. The molecule has 0 spiro atoms. The number of aromatic nitrogens is 2. The lowest BCUT2D eigenvalue weighted by Gasteiger charge is -2.32. The van der Waals surface area contributed by atoms with E-state index in [4.69, 9.17) is 0 Å². The summed E-state index contributed by atoms with van der Waals surface area (Å²) in [5.74, 6) is 3.06. The van der Waals surface area contributed by atoms with E-state index in [1.807, 2.05) is 7.05 Å². The van der Waals surface area contributed by atoms with Crippen molar-refractivity contribution in [2.45, 2.75) is 57.9 Å². The van der Waals surface area contributed by atoms with Gasteiger partial charge in [0.2, 0.25) is 0 Å². The summed E-state index contributed by atoms with van der Waals surface area (Å²) < 4.78 is 0. The van der Waals surface area contributed by atoms with E-state index >= 15 is 0 Å². The Morgan fingerprint density at radius 1 is 1.20 bits per heavy atom. The first-order valence-electron chi connectivity index (χ1n) is 8.13. The van der Waals surface area contributed by atoms with Crippen molar-refractivity contribution < 1.29 is 0 Å². The van der Waals surface area contributed by atoms with Gasteiger partial charge in [-0.2, -0.15) is 0 Å². The fourth-order valence-electron chi connectivity index (χ4n) is 4.08. The second-order valence-corrected chi connectivity index (χ2v) is 6.08. The second kappa shape index (κ2) is 5.98. The SMILES string of the molecule is CCc1c(NC)ncnc1N1CCCC1C1CCCC1. The third-order valence-corrected chi connectivity index (χ3v) is 5.03. The molecule has 1 aliphatic carbocycles. The molecule has 1 N–H and O–H groups in total. The van der Waals surface area contributed by atoms with Gasteiger partial charge < -0.3 is 10.2 Å². The highest BCUT2D eigenvalue weighted by Crippen LogP contribution is 2.38. The van der Waals surface area contributed by atoms with Crippen LogP contribution in [-0.4, -0.2) is 29.6 Å². The molecule has 1 aliphatic heterocycles. The van der Waals surface area contributed by atoms with E-state index in [0.717, 1.165) is 24.7 Å². The lowest BCUT2D eigenvalue weighted by molar-refractivity contribution is 0.428. The van der Waals surface area contributed by atoms with Crippen LogP contribution in [0, 0.1) is 5.92 Å². The van der Waals surface area contributed by atoms with Gasteiger partial charge in [0, 0.05) is 25.2 Å². The molecule has 20 heavy (non-hydrogen) atoms. The van der Waals surface area contributed by atoms with Crippen LogP contribution < -0.4 is 10.2 Å². The smallest absolute Gasteiger partial charge is 0.137 e. The Morgan fingerprint density at radius 2 is 2.00 bits per heavy atom. The number of rotatable bonds is 4. The van der Waals surface area contributed by atoms with Crippen LogP contribution in [0.3, 0.4) is 0 Å². The quantitative estimate of drug-likeness (QED) is 0.915. The fourth-order valence-corrected chi connectivity index (χ4v) is 4.08. The molecular formula is C16H26N4. The molecule has 0 radical (unpaired) electrons. The predicted molar refractivity (Wildman–Crippen MR) is 83.3 cm³/mol. The molecule has 4 nitrogen and oxygen atoms in total. The average molecular weight is 274 g/mol. The van der Waals surface area contributed by atoms with Gasteiger partial charge in [0.15, 0.2) is 0 Å². The molecule has 1 saturated carbocycles. The van der Waals surface area contributed by atoms with E-state index in [1.165, 1.54) is 49.9 Å². The van der Waals surface area contributed by atoms with Crippen molar-refractivity contribution in [2.24, 2.45) is 5.92 Å². The summed E-state index contributed by atoms with van der Waals surface area (Å²) in [4.78, 5) is 11.6. The first-order chi connectivity index (χ1) is 9.85. The van der Waals surface area contributed by atoms with Crippen molar-refractivity contribution >= 4 is 11.6 Å². The Labute approximate surface area is 122 Å². The van der Waals surface area contributed by atoms with Crippen LogP contribution in [0.2, 0.25) is 0 Å². The summed E-state index contributed by atoms with van der Waals surface area (Å²) in [6, 6.07) is 0.711. The van der Waals surface area contributed by atoms with Crippen LogP contribution in [0.25, 0.3) is 0 Å². The van der Waals surface area contributed by atoms with E-state index in [0.29, 0.717) is 6.04 Å². The highest BCUT2D eigenvalue weighted by Gasteiger charge is 2.35. The number of nitrogens with zero attached hydrogens (tertiary/aromatic N) is 3. The van der Waals surface area contributed by atoms with Crippen LogP contribution in [0.4, 0.5) is 11.6 Å². The standard InChI is InChI=1S/C16H26N4/c1-3-13-15(17-2)18-11-19-16(13)20-10-6-9-14(20)12-7-4-5-8-12/h11-12,14H,3-10H2,1-2H3,(H,17,18,19). The molecule has 0 amide bonds. The molecule has 2 aliphatic rings.